The maximum absolute atomic E-state index is 13.8. The molecule has 0 radical (unpaired) electrons. The minimum atomic E-state index is -1.56. The summed E-state index contributed by atoms with van der Waals surface area (Å²) in [5.74, 6) is -0.457. The van der Waals surface area contributed by atoms with Crippen molar-refractivity contribution in [3.8, 4) is 0 Å². The second kappa shape index (κ2) is 15.5. The van der Waals surface area contributed by atoms with Crippen LogP contribution in [-0.4, -0.2) is 77.0 Å². The number of benzene rings is 2. The average molecular weight is 604 g/mol. The van der Waals surface area contributed by atoms with Gasteiger partial charge in [0.15, 0.2) is 5.75 Å². The molecule has 3 atom stereocenters. The lowest BCUT2D eigenvalue weighted by atomic mass is 10.1. The van der Waals surface area contributed by atoms with Crippen molar-refractivity contribution < 1.29 is 23.7 Å². The summed E-state index contributed by atoms with van der Waals surface area (Å²) < 4.78 is 21.4. The zero-order valence-electron chi connectivity index (χ0n) is 23.1. The molecule has 4 rings (SSSR count). The maximum atomic E-state index is 13.8. The van der Waals surface area contributed by atoms with Crippen molar-refractivity contribution in [2.75, 3.05) is 32.8 Å². The third-order valence-corrected chi connectivity index (χ3v) is 8.78. The van der Waals surface area contributed by atoms with Gasteiger partial charge in [0.2, 0.25) is 17.7 Å². The molecule has 2 aliphatic heterocycles. The number of carbonyl (C=O) groups is 3. The molecule has 0 aliphatic carbocycles. The molecule has 41 heavy (non-hydrogen) atoms. The van der Waals surface area contributed by atoms with Gasteiger partial charge in [-0.15, -0.1) is 4.72 Å². The fourth-order valence-electron chi connectivity index (χ4n) is 5.16. The number of hydrogen-bond acceptors (Lipinski definition) is 7. The van der Waals surface area contributed by atoms with Gasteiger partial charge in [-0.1, -0.05) is 48.0 Å². The molecule has 0 aromatic heterocycles. The highest BCUT2D eigenvalue weighted by Crippen LogP contribution is 2.22. The van der Waals surface area contributed by atoms with Crippen LogP contribution in [0.25, 0.3) is 0 Å². The maximum Gasteiger partial charge on any atom is 0.244 e. The van der Waals surface area contributed by atoms with E-state index in [-0.39, 0.29) is 42.9 Å². The third kappa shape index (κ3) is 8.91. The molecular weight excluding hydrogens is 566 g/mol. The molecule has 1 unspecified atom stereocenters. The number of morpholine rings is 1. The van der Waals surface area contributed by atoms with Crippen molar-refractivity contribution in [2.45, 2.75) is 56.6 Å². The van der Waals surface area contributed by atoms with E-state index in [1.807, 2.05) is 36.4 Å². The molecule has 2 aliphatic rings. The molecule has 2 aromatic rings. The van der Waals surface area contributed by atoms with Gasteiger partial charge in [-0.3, -0.25) is 14.4 Å². The van der Waals surface area contributed by atoms with E-state index in [9.17, 15) is 18.9 Å². The molecule has 0 saturated carbocycles. The number of nitrogens with two attached hydrogens (primary N) is 1. The Hall–Kier alpha value is -2.67. The van der Waals surface area contributed by atoms with Gasteiger partial charge < -0.3 is 30.1 Å². The third-order valence-electron chi connectivity index (χ3n) is 7.40. The monoisotopic (exact) mass is 603 g/mol. The molecule has 2 heterocycles. The molecule has 2 aromatic carbocycles. The van der Waals surface area contributed by atoms with Crippen LogP contribution in [0.1, 0.15) is 42.4 Å². The van der Waals surface area contributed by atoms with Gasteiger partial charge in [0.25, 0.3) is 0 Å². The Labute approximate surface area is 249 Å². The van der Waals surface area contributed by atoms with Gasteiger partial charge in [0.1, 0.15) is 12.1 Å². The highest BCUT2D eigenvalue weighted by molar-refractivity contribution is 7.88. The van der Waals surface area contributed by atoms with Gasteiger partial charge in [0.05, 0.1) is 13.2 Å². The molecule has 12 heteroatoms. The number of nitrogens with zero attached hydrogens (tertiary/aromatic N) is 2. The van der Waals surface area contributed by atoms with Gasteiger partial charge in [0, 0.05) is 61.1 Å². The number of rotatable bonds is 12. The SMILES string of the molecule is NCc1ccc(Cl)cc1CNC(=O)[C@@H]1CCCN1C(=O)[C@@H](CCC(=O)N1CCOCC1)N[S+]([O-])Cc1ccccc1. The molecule has 4 N–H and O–H groups in total. The van der Waals surface area contributed by atoms with Crippen molar-refractivity contribution >= 4 is 40.7 Å². The van der Waals surface area contributed by atoms with Crippen LogP contribution in [-0.2, 0) is 49.3 Å². The van der Waals surface area contributed by atoms with Crippen LogP contribution in [0.3, 0.4) is 0 Å². The molecule has 2 fully saturated rings. The largest absolute Gasteiger partial charge is 0.598 e. The fraction of sp³-hybridized carbons (Fsp3) is 0.483. The predicted molar refractivity (Wildman–Crippen MR) is 158 cm³/mol. The summed E-state index contributed by atoms with van der Waals surface area (Å²) in [5, 5.41) is 3.48. The number of carbonyl (C=O) groups excluding carboxylic acids is 3. The quantitative estimate of drug-likeness (QED) is 0.315. The molecule has 3 amide bonds. The summed E-state index contributed by atoms with van der Waals surface area (Å²) >= 11 is 4.57. The topological polar surface area (TPSA) is 140 Å². The highest BCUT2D eigenvalue weighted by atomic mass is 35.5. The Kier molecular flexibility index (Phi) is 11.8. The minimum absolute atomic E-state index is 0.0744. The van der Waals surface area contributed by atoms with Crippen LogP contribution in [0.4, 0.5) is 0 Å². The van der Waals surface area contributed by atoms with E-state index < -0.39 is 23.4 Å². The zero-order valence-corrected chi connectivity index (χ0v) is 24.6. The number of likely N-dealkylation sites (tertiary alicyclic amines) is 1. The second-order valence-electron chi connectivity index (χ2n) is 10.2. The van der Waals surface area contributed by atoms with Gasteiger partial charge in [-0.05, 0) is 42.5 Å². The van der Waals surface area contributed by atoms with Crippen molar-refractivity contribution in [1.29, 1.82) is 0 Å². The Morgan fingerprint density at radius 1 is 1.10 bits per heavy atom. The minimum Gasteiger partial charge on any atom is -0.598 e. The molecular formula is C29H38ClN5O5S. The molecule has 10 nitrogen and oxygen atoms in total. The molecule has 222 valence electrons. The van der Waals surface area contributed by atoms with Crippen molar-refractivity contribution in [3.05, 3.63) is 70.2 Å². The van der Waals surface area contributed by atoms with E-state index in [0.717, 1.165) is 16.7 Å². The molecule has 0 spiro atoms. The first-order chi connectivity index (χ1) is 19.9. The van der Waals surface area contributed by atoms with Crippen molar-refractivity contribution in [1.82, 2.24) is 19.8 Å². The number of amides is 3. The Morgan fingerprint density at radius 2 is 1.85 bits per heavy atom. The van der Waals surface area contributed by atoms with E-state index in [0.29, 0.717) is 57.3 Å². The Bertz CT molecular complexity index is 1180. The number of ether oxygens (including phenoxy) is 1. The number of nitrogens with one attached hydrogen (secondary N) is 2. The van der Waals surface area contributed by atoms with E-state index in [2.05, 4.69) is 10.0 Å². The second-order valence-corrected chi connectivity index (χ2v) is 11.9. The van der Waals surface area contributed by atoms with Crippen LogP contribution in [0.2, 0.25) is 5.02 Å². The van der Waals surface area contributed by atoms with Crippen LogP contribution >= 0.6 is 11.6 Å². The van der Waals surface area contributed by atoms with Crippen molar-refractivity contribution in [2.24, 2.45) is 5.73 Å². The van der Waals surface area contributed by atoms with Crippen LogP contribution in [0, 0.1) is 0 Å². The smallest absolute Gasteiger partial charge is 0.244 e. The van der Waals surface area contributed by atoms with E-state index >= 15 is 0 Å². The fourth-order valence-corrected chi connectivity index (χ4v) is 6.47. The Morgan fingerprint density at radius 3 is 2.59 bits per heavy atom. The Balaban J connectivity index is 1.42. The van der Waals surface area contributed by atoms with E-state index in [1.165, 1.54) is 0 Å². The van der Waals surface area contributed by atoms with E-state index in [1.54, 1.807) is 21.9 Å². The van der Waals surface area contributed by atoms with Gasteiger partial charge in [-0.25, -0.2) is 0 Å². The average Bonchev–Trinajstić information content (AvgIpc) is 3.49. The standard InChI is InChI=1S/C29H38ClN5O5S/c30-24-9-8-22(18-31)23(17-24)19-32-28(37)26-7-4-12-35(26)29(38)25(10-11-27(36)34-13-15-40-16-14-34)33-41(39)20-21-5-2-1-3-6-21/h1-3,5-6,8-9,17,25-26,33H,4,7,10-16,18-20,31H2,(H,32,37)/t25-,26+,41?/m1/s1. The van der Waals surface area contributed by atoms with Crippen molar-refractivity contribution in [3.63, 3.8) is 0 Å². The normalized spacial score (nSPS) is 18.7. The van der Waals surface area contributed by atoms with E-state index in [4.69, 9.17) is 22.1 Å². The first-order valence-corrected chi connectivity index (χ1v) is 15.6. The summed E-state index contributed by atoms with van der Waals surface area (Å²) in [4.78, 5) is 43.2. The summed E-state index contributed by atoms with van der Waals surface area (Å²) in [6, 6.07) is 13.2. The van der Waals surface area contributed by atoms with Crippen LogP contribution in [0.15, 0.2) is 48.5 Å². The number of halogens is 1. The lowest BCUT2D eigenvalue weighted by molar-refractivity contribution is -0.140. The summed E-state index contributed by atoms with van der Waals surface area (Å²) in [5.41, 5.74) is 8.40. The predicted octanol–water partition coefficient (Wildman–Crippen LogP) is 1.87. The van der Waals surface area contributed by atoms with Crippen LogP contribution < -0.4 is 15.8 Å². The first kappa shape index (κ1) is 31.3. The summed E-state index contributed by atoms with van der Waals surface area (Å²) in [6.45, 7) is 2.95. The highest BCUT2D eigenvalue weighted by Gasteiger charge is 2.39. The lowest BCUT2D eigenvalue weighted by Crippen LogP contribution is -2.53. The summed E-state index contributed by atoms with van der Waals surface area (Å²) in [6.07, 6.45) is 1.47. The lowest BCUT2D eigenvalue weighted by Gasteiger charge is -2.30. The summed E-state index contributed by atoms with van der Waals surface area (Å²) in [7, 11) is 0. The number of hydrogen-bond donors (Lipinski definition) is 3. The zero-order chi connectivity index (χ0) is 29.2. The van der Waals surface area contributed by atoms with Gasteiger partial charge in [-0.2, -0.15) is 0 Å². The molecule has 0 bridgehead atoms. The molecule has 2 saturated heterocycles. The van der Waals surface area contributed by atoms with Gasteiger partial charge >= 0.3 is 0 Å². The van der Waals surface area contributed by atoms with Crippen LogP contribution in [0.5, 0.6) is 0 Å². The first-order valence-electron chi connectivity index (χ1n) is 13.9.